The molecule has 0 aliphatic heterocycles. The lowest BCUT2D eigenvalue weighted by Crippen LogP contribution is -2.54. The number of anilines is 1. The zero-order valence-corrected chi connectivity index (χ0v) is 24.3. The molecule has 8 nitrogen and oxygen atoms in total. The molecular weight excluding hydrogens is 494 g/mol. The second-order valence-electron chi connectivity index (χ2n) is 10.9. The van der Waals surface area contributed by atoms with Gasteiger partial charge in [-0.1, -0.05) is 75.1 Å². The summed E-state index contributed by atoms with van der Waals surface area (Å²) < 4.78 is 5.32. The smallest absolute Gasteiger partial charge is 0.408 e. The van der Waals surface area contributed by atoms with Gasteiger partial charge < -0.3 is 25.4 Å². The fourth-order valence-electron chi connectivity index (χ4n) is 4.35. The van der Waals surface area contributed by atoms with Crippen molar-refractivity contribution in [1.82, 2.24) is 10.2 Å². The number of carbonyl (C=O) groups excluding carboxylic acids is 3. The summed E-state index contributed by atoms with van der Waals surface area (Å²) in [6.45, 7) is 10.7. The number of hydrogen-bond donors (Lipinski definition) is 3. The van der Waals surface area contributed by atoms with Crippen LogP contribution in [0.3, 0.4) is 0 Å². The predicted octanol–water partition coefficient (Wildman–Crippen LogP) is 5.67. The monoisotopic (exact) mass is 539 g/mol. The number of aliphatic hydroxyl groups excluding tert-OH is 1. The van der Waals surface area contributed by atoms with Crippen LogP contribution in [0.1, 0.15) is 82.5 Å². The summed E-state index contributed by atoms with van der Waals surface area (Å²) in [4.78, 5) is 41.9. The highest BCUT2D eigenvalue weighted by atomic mass is 16.6. The minimum absolute atomic E-state index is 0.287. The van der Waals surface area contributed by atoms with Gasteiger partial charge in [0.1, 0.15) is 17.7 Å². The lowest BCUT2D eigenvalue weighted by atomic mass is 9.97. The summed E-state index contributed by atoms with van der Waals surface area (Å²) in [6, 6.07) is 12.7. The second-order valence-corrected chi connectivity index (χ2v) is 10.9. The van der Waals surface area contributed by atoms with Gasteiger partial charge in [0.2, 0.25) is 5.91 Å². The number of benzene rings is 2. The van der Waals surface area contributed by atoms with Gasteiger partial charge in [-0.2, -0.15) is 0 Å². The van der Waals surface area contributed by atoms with Crippen LogP contribution in [0.15, 0.2) is 48.5 Å². The number of nitrogens with one attached hydrogen (secondary N) is 2. The molecule has 3 amide bonds. The molecule has 2 atom stereocenters. The van der Waals surface area contributed by atoms with E-state index in [1.54, 1.807) is 20.8 Å². The first-order chi connectivity index (χ1) is 18.5. The molecule has 0 heterocycles. The highest BCUT2D eigenvalue weighted by Gasteiger charge is 2.36. The van der Waals surface area contributed by atoms with E-state index >= 15 is 0 Å². The Hall–Kier alpha value is -3.39. The van der Waals surface area contributed by atoms with Gasteiger partial charge in [-0.05, 0) is 63.8 Å². The predicted molar refractivity (Wildman–Crippen MR) is 154 cm³/mol. The average Bonchev–Trinajstić information content (AvgIpc) is 2.87. The van der Waals surface area contributed by atoms with Crippen LogP contribution in [0.25, 0.3) is 0 Å². The third-order valence-corrected chi connectivity index (χ3v) is 6.40. The van der Waals surface area contributed by atoms with Crippen molar-refractivity contribution in [1.29, 1.82) is 0 Å². The van der Waals surface area contributed by atoms with E-state index in [4.69, 9.17) is 4.74 Å². The van der Waals surface area contributed by atoms with Crippen molar-refractivity contribution in [3.8, 4) is 0 Å². The number of aliphatic hydroxyl groups is 1. The molecule has 0 saturated carbocycles. The topological polar surface area (TPSA) is 108 Å². The van der Waals surface area contributed by atoms with Gasteiger partial charge in [-0.15, -0.1) is 0 Å². The van der Waals surface area contributed by atoms with Crippen molar-refractivity contribution in [2.45, 2.75) is 91.3 Å². The molecule has 2 aromatic rings. The minimum atomic E-state index is -1.27. The van der Waals surface area contributed by atoms with Crippen LogP contribution in [-0.2, 0) is 14.3 Å². The molecule has 39 heavy (non-hydrogen) atoms. The van der Waals surface area contributed by atoms with E-state index in [1.807, 2.05) is 62.4 Å². The molecule has 0 aromatic heterocycles. The van der Waals surface area contributed by atoms with E-state index in [0.29, 0.717) is 17.7 Å². The van der Waals surface area contributed by atoms with Gasteiger partial charge in [0.05, 0.1) is 6.61 Å². The maximum Gasteiger partial charge on any atom is 0.408 e. The molecular formula is C31H45N3O5. The maximum atomic E-state index is 14.0. The molecule has 0 fully saturated rings. The largest absolute Gasteiger partial charge is 0.444 e. The number of alkyl carbamates (subject to hydrolysis) is 1. The second kappa shape index (κ2) is 15.3. The van der Waals surface area contributed by atoms with Crippen molar-refractivity contribution >= 4 is 23.6 Å². The summed E-state index contributed by atoms with van der Waals surface area (Å²) in [5.74, 6) is -0.915. The molecule has 0 bridgehead atoms. The Labute approximate surface area is 233 Å². The summed E-state index contributed by atoms with van der Waals surface area (Å²) in [7, 11) is 0. The molecule has 0 radical (unpaired) electrons. The minimum Gasteiger partial charge on any atom is -0.444 e. The van der Waals surface area contributed by atoms with Gasteiger partial charge >= 0.3 is 6.09 Å². The van der Waals surface area contributed by atoms with Crippen LogP contribution in [0, 0.1) is 13.8 Å². The molecule has 0 aliphatic carbocycles. The first kappa shape index (κ1) is 31.8. The van der Waals surface area contributed by atoms with E-state index in [9.17, 15) is 19.5 Å². The fraction of sp³-hybridized carbons (Fsp3) is 0.516. The number of unbranched alkanes of at least 4 members (excludes halogenated alkanes) is 4. The summed E-state index contributed by atoms with van der Waals surface area (Å²) in [5.41, 5.74) is 2.31. The van der Waals surface area contributed by atoms with Gasteiger partial charge in [0.15, 0.2) is 0 Å². The molecule has 3 N–H and O–H groups in total. The van der Waals surface area contributed by atoms with E-state index in [1.165, 1.54) is 4.90 Å². The van der Waals surface area contributed by atoms with Crippen LogP contribution in [-0.4, -0.2) is 52.7 Å². The molecule has 0 spiro atoms. The van der Waals surface area contributed by atoms with E-state index in [2.05, 4.69) is 17.6 Å². The number of nitrogens with zero attached hydrogens (tertiary/aromatic N) is 1. The van der Waals surface area contributed by atoms with Crippen molar-refractivity contribution < 1.29 is 24.2 Å². The van der Waals surface area contributed by atoms with Gasteiger partial charge in [-0.25, -0.2) is 4.79 Å². The molecule has 2 aromatic carbocycles. The summed E-state index contributed by atoms with van der Waals surface area (Å²) in [5, 5.41) is 15.6. The molecule has 0 saturated heterocycles. The quantitative estimate of drug-likeness (QED) is 0.284. The van der Waals surface area contributed by atoms with E-state index in [-0.39, 0.29) is 12.5 Å². The first-order valence-electron chi connectivity index (χ1n) is 13.8. The van der Waals surface area contributed by atoms with Gasteiger partial charge in [-0.3, -0.25) is 9.59 Å². The number of carbonyl (C=O) groups is 3. The van der Waals surface area contributed by atoms with Crippen LogP contribution in [0.2, 0.25) is 0 Å². The highest BCUT2D eigenvalue weighted by molar-refractivity contribution is 5.99. The number of ether oxygens (including phenoxy) is 1. The van der Waals surface area contributed by atoms with Crippen molar-refractivity contribution in [2.24, 2.45) is 0 Å². The zero-order chi connectivity index (χ0) is 29.0. The lowest BCUT2D eigenvalue weighted by molar-refractivity contribution is -0.141. The van der Waals surface area contributed by atoms with Gasteiger partial charge in [0, 0.05) is 12.2 Å². The van der Waals surface area contributed by atoms with E-state index < -0.39 is 36.3 Å². The molecule has 2 rings (SSSR count). The van der Waals surface area contributed by atoms with Crippen LogP contribution >= 0.6 is 0 Å². The number of amides is 3. The Morgan fingerprint density at radius 3 is 2.13 bits per heavy atom. The number of para-hydroxylation sites is 1. The van der Waals surface area contributed by atoms with Crippen LogP contribution < -0.4 is 10.6 Å². The number of hydrogen-bond acceptors (Lipinski definition) is 5. The Morgan fingerprint density at radius 1 is 0.923 bits per heavy atom. The molecule has 8 heteroatoms. The maximum absolute atomic E-state index is 14.0. The lowest BCUT2D eigenvalue weighted by Gasteiger charge is -2.35. The van der Waals surface area contributed by atoms with Crippen molar-refractivity contribution in [2.75, 3.05) is 18.5 Å². The molecule has 0 aliphatic rings. The highest BCUT2D eigenvalue weighted by Crippen LogP contribution is 2.28. The summed E-state index contributed by atoms with van der Waals surface area (Å²) in [6.07, 6.45) is 3.94. The Bertz CT molecular complexity index is 1100. The van der Waals surface area contributed by atoms with Gasteiger partial charge in [0.25, 0.3) is 5.91 Å². The Balaban J connectivity index is 2.48. The first-order valence-corrected chi connectivity index (χ1v) is 13.8. The normalized spacial score (nSPS) is 12.8. The average molecular weight is 540 g/mol. The molecule has 214 valence electrons. The SMILES string of the molecule is CCCCCCCN(C(=O)C(CO)NC(=O)OC(C)(C)C)C(C(=O)Nc1ccccc1C)c1ccccc1C. The Morgan fingerprint density at radius 2 is 1.54 bits per heavy atom. The van der Waals surface area contributed by atoms with Crippen molar-refractivity contribution in [3.05, 3.63) is 65.2 Å². The van der Waals surface area contributed by atoms with Crippen LogP contribution in [0.5, 0.6) is 0 Å². The fourth-order valence-corrected chi connectivity index (χ4v) is 4.35. The number of aryl methyl sites for hydroxylation is 2. The van der Waals surface area contributed by atoms with Crippen LogP contribution in [0.4, 0.5) is 10.5 Å². The standard InChI is InChI=1S/C31H45N3O5/c1-7-8-9-10-15-20-34(29(37)26(21-35)33-30(38)39-31(4,5)6)27(24-18-13-11-16-22(24)2)28(36)32-25-19-14-12-17-23(25)3/h11-14,16-19,26-27,35H,7-10,15,20-21H2,1-6H3,(H,32,36)(H,33,38). The van der Waals surface area contributed by atoms with E-state index in [0.717, 1.165) is 36.8 Å². The third kappa shape index (κ3) is 10.0. The van der Waals surface area contributed by atoms with Crippen molar-refractivity contribution in [3.63, 3.8) is 0 Å². The summed E-state index contributed by atoms with van der Waals surface area (Å²) >= 11 is 0. The third-order valence-electron chi connectivity index (χ3n) is 6.40. The number of rotatable bonds is 13. The zero-order valence-electron chi connectivity index (χ0n) is 24.3. The Kier molecular flexibility index (Phi) is 12.5. The molecule has 2 unspecified atom stereocenters.